The Morgan fingerprint density at radius 3 is 2.83 bits per heavy atom. The van der Waals surface area contributed by atoms with E-state index in [4.69, 9.17) is 17.3 Å². The number of rotatable bonds is 1. The fraction of sp³-hybridized carbons (Fsp3) is 0. The molecule has 3 N–H and O–H groups in total. The third-order valence-electron chi connectivity index (χ3n) is 2.71. The van der Waals surface area contributed by atoms with Crippen LogP contribution in [0.15, 0.2) is 36.4 Å². The molecule has 0 saturated carbocycles. The zero-order valence-corrected chi connectivity index (χ0v) is 10.0. The van der Waals surface area contributed by atoms with Gasteiger partial charge in [-0.3, -0.25) is 0 Å². The summed E-state index contributed by atoms with van der Waals surface area (Å²) in [5.41, 5.74) is 8.04. The number of halogens is 2. The summed E-state index contributed by atoms with van der Waals surface area (Å²) in [4.78, 5) is 7.34. The molecule has 3 aromatic rings. The van der Waals surface area contributed by atoms with Crippen LogP contribution in [0.25, 0.3) is 22.4 Å². The summed E-state index contributed by atoms with van der Waals surface area (Å²) in [6.07, 6.45) is 0. The van der Waals surface area contributed by atoms with Gasteiger partial charge in [0.25, 0.3) is 0 Å². The van der Waals surface area contributed by atoms with Crippen LogP contribution in [-0.4, -0.2) is 9.97 Å². The van der Waals surface area contributed by atoms with Crippen molar-refractivity contribution < 1.29 is 4.39 Å². The average molecular weight is 262 g/mol. The van der Waals surface area contributed by atoms with Gasteiger partial charge < -0.3 is 10.7 Å². The van der Waals surface area contributed by atoms with Crippen molar-refractivity contribution in [3.05, 3.63) is 47.2 Å². The normalized spacial score (nSPS) is 11.0. The van der Waals surface area contributed by atoms with Gasteiger partial charge >= 0.3 is 0 Å². The average Bonchev–Trinajstić information content (AvgIpc) is 2.71. The third-order valence-corrected chi connectivity index (χ3v) is 3.02. The topological polar surface area (TPSA) is 54.7 Å². The highest BCUT2D eigenvalue weighted by molar-refractivity contribution is 6.33. The minimum atomic E-state index is -0.408. The molecule has 0 bridgehead atoms. The van der Waals surface area contributed by atoms with Crippen molar-refractivity contribution in [3.8, 4) is 11.4 Å². The van der Waals surface area contributed by atoms with Crippen molar-refractivity contribution in [2.45, 2.75) is 0 Å². The van der Waals surface area contributed by atoms with E-state index in [-0.39, 0.29) is 5.56 Å². The highest BCUT2D eigenvalue weighted by atomic mass is 35.5. The molecule has 5 heteroatoms. The number of nitrogens with one attached hydrogen (secondary N) is 1. The van der Waals surface area contributed by atoms with Crippen molar-refractivity contribution in [1.82, 2.24) is 9.97 Å². The largest absolute Gasteiger partial charge is 0.399 e. The van der Waals surface area contributed by atoms with Gasteiger partial charge in [0.05, 0.1) is 21.6 Å². The predicted octanol–water partition coefficient (Wildman–Crippen LogP) is 3.60. The van der Waals surface area contributed by atoms with Gasteiger partial charge in [0.1, 0.15) is 11.6 Å². The number of benzene rings is 2. The summed E-state index contributed by atoms with van der Waals surface area (Å²) in [7, 11) is 0. The first-order valence-corrected chi connectivity index (χ1v) is 5.72. The molecule has 0 atom stereocenters. The van der Waals surface area contributed by atoms with Crippen LogP contribution in [-0.2, 0) is 0 Å². The Balaban J connectivity index is 2.26. The number of aromatic nitrogens is 2. The van der Waals surface area contributed by atoms with Gasteiger partial charge in [0.2, 0.25) is 0 Å². The number of hydrogen-bond donors (Lipinski definition) is 2. The second-order valence-electron chi connectivity index (χ2n) is 3.96. The predicted molar refractivity (Wildman–Crippen MR) is 70.9 cm³/mol. The van der Waals surface area contributed by atoms with Gasteiger partial charge in [0, 0.05) is 5.69 Å². The molecule has 0 aliphatic carbocycles. The van der Waals surface area contributed by atoms with Gasteiger partial charge in [-0.15, -0.1) is 0 Å². The highest BCUT2D eigenvalue weighted by Crippen LogP contribution is 2.30. The quantitative estimate of drug-likeness (QED) is 0.658. The molecule has 3 nitrogen and oxygen atoms in total. The lowest BCUT2D eigenvalue weighted by Gasteiger charge is -2.01. The maximum Gasteiger partial charge on any atom is 0.142 e. The number of fused-ring (bicyclic) bond motifs is 1. The third kappa shape index (κ3) is 1.71. The van der Waals surface area contributed by atoms with E-state index in [9.17, 15) is 4.39 Å². The summed E-state index contributed by atoms with van der Waals surface area (Å²) in [5, 5.41) is 0.321. The van der Waals surface area contributed by atoms with Crippen LogP contribution in [0.3, 0.4) is 0 Å². The number of nitrogens with zero attached hydrogens (tertiary/aromatic N) is 1. The number of anilines is 1. The number of hydrogen-bond acceptors (Lipinski definition) is 2. The minimum absolute atomic E-state index is 0.272. The van der Waals surface area contributed by atoms with Crippen LogP contribution in [0.4, 0.5) is 10.1 Å². The molecule has 0 unspecified atom stereocenters. The van der Waals surface area contributed by atoms with Crippen LogP contribution < -0.4 is 5.73 Å². The zero-order chi connectivity index (χ0) is 12.7. The van der Waals surface area contributed by atoms with E-state index in [0.717, 1.165) is 5.52 Å². The Hall–Kier alpha value is -2.07. The van der Waals surface area contributed by atoms with Gasteiger partial charge in [-0.2, -0.15) is 0 Å². The molecule has 0 aliphatic heterocycles. The zero-order valence-electron chi connectivity index (χ0n) is 9.24. The van der Waals surface area contributed by atoms with Crippen LogP contribution >= 0.6 is 11.6 Å². The first kappa shape index (κ1) is 11.0. The Morgan fingerprint density at radius 1 is 1.22 bits per heavy atom. The smallest absolute Gasteiger partial charge is 0.142 e. The monoisotopic (exact) mass is 261 g/mol. The lowest BCUT2D eigenvalue weighted by molar-refractivity contribution is 0.630. The van der Waals surface area contributed by atoms with Crippen molar-refractivity contribution in [2.75, 3.05) is 5.73 Å². The highest BCUT2D eigenvalue weighted by Gasteiger charge is 2.13. The Kier molecular flexibility index (Phi) is 2.45. The Morgan fingerprint density at radius 2 is 2.06 bits per heavy atom. The molecular formula is C13H9ClFN3. The second-order valence-corrected chi connectivity index (χ2v) is 4.37. The summed E-state index contributed by atoms with van der Waals surface area (Å²) >= 11 is 6.00. The van der Waals surface area contributed by atoms with E-state index < -0.39 is 5.82 Å². The van der Waals surface area contributed by atoms with Gasteiger partial charge in [0.15, 0.2) is 0 Å². The standard InChI is InChI=1S/C13H9ClFN3/c14-8-2-1-3-9(15)12(8)13-17-10-5-4-7(16)6-11(10)18-13/h1-6H,16H2,(H,17,18). The number of aromatic amines is 1. The summed E-state index contributed by atoms with van der Waals surface area (Å²) in [6.45, 7) is 0. The van der Waals surface area contributed by atoms with Gasteiger partial charge in [-0.25, -0.2) is 9.37 Å². The first-order chi connectivity index (χ1) is 8.65. The second kappa shape index (κ2) is 3.99. The van der Waals surface area contributed by atoms with Crippen molar-refractivity contribution in [1.29, 1.82) is 0 Å². The number of nitrogens with two attached hydrogens (primary N) is 1. The molecule has 18 heavy (non-hydrogen) atoms. The number of H-pyrrole nitrogens is 1. The minimum Gasteiger partial charge on any atom is -0.399 e. The lowest BCUT2D eigenvalue weighted by Crippen LogP contribution is -1.87. The van der Waals surface area contributed by atoms with E-state index >= 15 is 0 Å². The molecule has 0 fully saturated rings. The number of nitrogen functional groups attached to an aromatic ring is 1. The van der Waals surface area contributed by atoms with E-state index in [1.165, 1.54) is 6.07 Å². The molecule has 1 heterocycles. The molecule has 0 radical (unpaired) electrons. The van der Waals surface area contributed by atoms with Crippen molar-refractivity contribution >= 4 is 28.3 Å². The molecule has 0 spiro atoms. The summed E-state index contributed by atoms with van der Waals surface area (Å²) in [6, 6.07) is 9.82. The molecule has 0 aliphatic rings. The Bertz CT molecular complexity index is 716. The first-order valence-electron chi connectivity index (χ1n) is 5.35. The van der Waals surface area contributed by atoms with E-state index in [1.54, 1.807) is 30.3 Å². The Labute approximate surface area is 107 Å². The van der Waals surface area contributed by atoms with E-state index in [1.807, 2.05) is 0 Å². The maximum atomic E-state index is 13.8. The molecular weight excluding hydrogens is 253 g/mol. The van der Waals surface area contributed by atoms with Gasteiger partial charge in [-0.05, 0) is 30.3 Å². The fourth-order valence-electron chi connectivity index (χ4n) is 1.87. The van der Waals surface area contributed by atoms with E-state index in [0.29, 0.717) is 22.1 Å². The van der Waals surface area contributed by atoms with Crippen LogP contribution in [0.2, 0.25) is 5.02 Å². The van der Waals surface area contributed by atoms with Gasteiger partial charge in [-0.1, -0.05) is 17.7 Å². The van der Waals surface area contributed by atoms with Crippen molar-refractivity contribution in [3.63, 3.8) is 0 Å². The molecule has 0 saturated heterocycles. The summed E-state index contributed by atoms with van der Waals surface area (Å²) in [5.74, 6) is -0.00627. The van der Waals surface area contributed by atoms with Crippen LogP contribution in [0, 0.1) is 5.82 Å². The molecule has 1 aromatic heterocycles. The maximum absolute atomic E-state index is 13.8. The van der Waals surface area contributed by atoms with E-state index in [2.05, 4.69) is 9.97 Å². The lowest BCUT2D eigenvalue weighted by atomic mass is 10.2. The SMILES string of the molecule is Nc1ccc2[nH]c(-c3c(F)cccc3Cl)nc2c1. The van der Waals surface area contributed by atoms with Crippen LogP contribution in [0.1, 0.15) is 0 Å². The fourth-order valence-corrected chi connectivity index (χ4v) is 2.12. The summed E-state index contributed by atoms with van der Waals surface area (Å²) < 4.78 is 13.8. The van der Waals surface area contributed by atoms with Crippen LogP contribution in [0.5, 0.6) is 0 Å². The van der Waals surface area contributed by atoms with Crippen molar-refractivity contribution in [2.24, 2.45) is 0 Å². The molecule has 0 amide bonds. The number of imidazole rings is 1. The molecule has 3 rings (SSSR count). The molecule has 90 valence electrons. The molecule has 2 aromatic carbocycles.